The number of carbonyl (C=O) groups is 2. The molecule has 5 rings (SSSR count). The second kappa shape index (κ2) is 6.30. The third kappa shape index (κ3) is 2.21. The van der Waals surface area contributed by atoms with Gasteiger partial charge in [0.25, 0.3) is 0 Å². The van der Waals surface area contributed by atoms with Crippen LogP contribution in [-0.4, -0.2) is 48.9 Å². The molecule has 0 aromatic carbocycles. The maximum atomic E-state index is 13.6. The van der Waals surface area contributed by atoms with Crippen molar-refractivity contribution in [3.63, 3.8) is 0 Å². The van der Waals surface area contributed by atoms with E-state index in [1.807, 2.05) is 0 Å². The van der Waals surface area contributed by atoms with E-state index in [1.165, 1.54) is 6.92 Å². The Bertz CT molecular complexity index is 805. The Morgan fingerprint density at radius 1 is 1.27 bits per heavy atom. The SMILES string of the molecule is C=C1[C@H]2CC[C@@H]3[C@](C2)(C(=O)O[C@@H]2CCC(C)(C)[C@H]4[C@H](O)O[C@@H](OC)[C@@]432)[C@@H]1OC(C)=O. The number of aliphatic hydroxyl groups is 1. The zero-order chi connectivity index (χ0) is 21.6. The number of ether oxygens (including phenoxy) is 4. The van der Waals surface area contributed by atoms with Crippen molar-refractivity contribution < 1.29 is 33.6 Å². The van der Waals surface area contributed by atoms with Crippen LogP contribution in [-0.2, 0) is 28.5 Å². The van der Waals surface area contributed by atoms with Crippen LogP contribution in [0.25, 0.3) is 0 Å². The van der Waals surface area contributed by atoms with E-state index in [1.54, 1.807) is 7.11 Å². The van der Waals surface area contributed by atoms with E-state index < -0.39 is 41.6 Å². The Labute approximate surface area is 177 Å². The van der Waals surface area contributed by atoms with Crippen molar-refractivity contribution in [3.05, 3.63) is 12.2 Å². The Morgan fingerprint density at radius 3 is 2.67 bits per heavy atom. The van der Waals surface area contributed by atoms with Crippen LogP contribution in [0.2, 0.25) is 0 Å². The smallest absolute Gasteiger partial charge is 0.316 e. The third-order valence-electron chi connectivity index (χ3n) is 9.02. The van der Waals surface area contributed by atoms with Gasteiger partial charge in [-0.25, -0.2) is 0 Å². The summed E-state index contributed by atoms with van der Waals surface area (Å²) in [5.41, 5.74) is -1.12. The predicted molar refractivity (Wildman–Crippen MR) is 105 cm³/mol. The van der Waals surface area contributed by atoms with Gasteiger partial charge in [-0.1, -0.05) is 20.4 Å². The van der Waals surface area contributed by atoms with E-state index in [0.717, 1.165) is 24.8 Å². The molecule has 2 spiro atoms. The molecule has 5 aliphatic rings. The quantitative estimate of drug-likeness (QED) is 0.542. The van der Waals surface area contributed by atoms with Gasteiger partial charge < -0.3 is 24.1 Å². The van der Waals surface area contributed by atoms with Gasteiger partial charge in [0.05, 0.1) is 5.41 Å². The fourth-order valence-corrected chi connectivity index (χ4v) is 8.11. The molecule has 3 saturated carbocycles. The van der Waals surface area contributed by atoms with Crippen molar-refractivity contribution in [1.29, 1.82) is 0 Å². The molecule has 3 aliphatic carbocycles. The van der Waals surface area contributed by atoms with Crippen molar-refractivity contribution >= 4 is 11.9 Å². The largest absolute Gasteiger partial charge is 0.461 e. The molecule has 7 nitrogen and oxygen atoms in total. The van der Waals surface area contributed by atoms with Gasteiger partial charge in [-0.3, -0.25) is 9.59 Å². The second-order valence-electron chi connectivity index (χ2n) is 10.6. The molecule has 0 amide bonds. The van der Waals surface area contributed by atoms with Crippen molar-refractivity contribution in [2.45, 2.75) is 77.7 Å². The Hall–Kier alpha value is -1.44. The average Bonchev–Trinajstić information content (AvgIpc) is 3.09. The molecular weight excluding hydrogens is 388 g/mol. The van der Waals surface area contributed by atoms with Crippen LogP contribution < -0.4 is 0 Å². The zero-order valence-electron chi connectivity index (χ0n) is 18.2. The summed E-state index contributed by atoms with van der Waals surface area (Å²) in [5, 5.41) is 11.0. The first-order valence-corrected chi connectivity index (χ1v) is 11.0. The Balaban J connectivity index is 1.73. The minimum atomic E-state index is -1.00. The van der Waals surface area contributed by atoms with Crippen LogP contribution in [0.5, 0.6) is 0 Å². The van der Waals surface area contributed by atoms with Crippen molar-refractivity contribution in [1.82, 2.24) is 0 Å². The van der Waals surface area contributed by atoms with Gasteiger partial charge in [-0.05, 0) is 54.9 Å². The standard InChI is InChI=1S/C23H32O7/c1-11-13-6-7-14-22(10-13,17(11)28-12(2)24)19(26)29-15-8-9-21(3,4)16-18(25)30-20(27-5)23(14,15)16/h13-18,20,25H,1,6-10H2,2-5H3/t13-,14+,15+,16+,17+,18+,20+,22-,23-/m0/s1. The molecule has 0 radical (unpaired) electrons. The number of aliphatic hydroxyl groups excluding tert-OH is 1. The zero-order valence-corrected chi connectivity index (χ0v) is 18.2. The molecule has 0 unspecified atom stereocenters. The molecule has 0 aromatic rings. The predicted octanol–water partition coefficient (Wildman–Crippen LogP) is 2.56. The van der Waals surface area contributed by atoms with Crippen molar-refractivity contribution in [2.75, 3.05) is 7.11 Å². The molecule has 7 heteroatoms. The van der Waals surface area contributed by atoms with Gasteiger partial charge in [-0.15, -0.1) is 0 Å². The molecule has 2 bridgehead atoms. The summed E-state index contributed by atoms with van der Waals surface area (Å²) in [6.45, 7) is 9.88. The maximum Gasteiger partial charge on any atom is 0.316 e. The molecule has 9 atom stereocenters. The van der Waals surface area contributed by atoms with Gasteiger partial charge in [0, 0.05) is 20.0 Å². The summed E-state index contributed by atoms with van der Waals surface area (Å²) >= 11 is 0. The topological polar surface area (TPSA) is 91.3 Å². The number of fused-ring (bicyclic) bond motifs is 1. The number of rotatable bonds is 2. The molecule has 2 aliphatic heterocycles. The Morgan fingerprint density at radius 2 is 2.00 bits per heavy atom. The number of methoxy groups -OCH3 is 1. The minimum absolute atomic E-state index is 0.120. The van der Waals surface area contributed by atoms with Gasteiger partial charge in [0.1, 0.15) is 17.6 Å². The van der Waals surface area contributed by atoms with Crippen LogP contribution >= 0.6 is 0 Å². The molecule has 1 N–H and O–H groups in total. The van der Waals surface area contributed by atoms with E-state index >= 15 is 0 Å². The Kier molecular flexibility index (Phi) is 4.30. The van der Waals surface area contributed by atoms with Crippen LogP contribution in [0.4, 0.5) is 0 Å². The highest BCUT2D eigenvalue weighted by atomic mass is 16.7. The lowest BCUT2D eigenvalue weighted by Crippen LogP contribution is -2.70. The van der Waals surface area contributed by atoms with Gasteiger partial charge in [0.2, 0.25) is 0 Å². The third-order valence-corrected chi connectivity index (χ3v) is 9.02. The summed E-state index contributed by atoms with van der Waals surface area (Å²) in [5.74, 6) is -1.06. The normalized spacial score (nSPS) is 50.9. The fourth-order valence-electron chi connectivity index (χ4n) is 8.11. The monoisotopic (exact) mass is 420 g/mol. The van der Waals surface area contributed by atoms with Crippen molar-refractivity contribution in [2.24, 2.45) is 34.0 Å². The summed E-state index contributed by atoms with van der Waals surface area (Å²) in [4.78, 5) is 25.6. The highest BCUT2D eigenvalue weighted by Crippen LogP contribution is 2.73. The van der Waals surface area contributed by atoms with E-state index in [9.17, 15) is 14.7 Å². The van der Waals surface area contributed by atoms with E-state index in [4.69, 9.17) is 18.9 Å². The number of carbonyl (C=O) groups excluding carboxylic acids is 2. The second-order valence-corrected chi connectivity index (χ2v) is 10.6. The molecule has 0 aromatic heterocycles. The summed E-state index contributed by atoms with van der Waals surface area (Å²) in [6.07, 6.45) is 0.885. The van der Waals surface area contributed by atoms with E-state index in [2.05, 4.69) is 20.4 Å². The van der Waals surface area contributed by atoms with Gasteiger partial charge in [-0.2, -0.15) is 0 Å². The first-order chi connectivity index (χ1) is 14.1. The number of hydrogen-bond donors (Lipinski definition) is 1. The van der Waals surface area contributed by atoms with Gasteiger partial charge in [0.15, 0.2) is 12.6 Å². The van der Waals surface area contributed by atoms with Crippen LogP contribution in [0, 0.1) is 34.0 Å². The molecule has 5 fully saturated rings. The van der Waals surface area contributed by atoms with E-state index in [0.29, 0.717) is 12.8 Å². The van der Waals surface area contributed by atoms with E-state index in [-0.39, 0.29) is 29.1 Å². The first kappa shape index (κ1) is 20.5. The van der Waals surface area contributed by atoms with Crippen LogP contribution in [0.1, 0.15) is 52.9 Å². The molecule has 30 heavy (non-hydrogen) atoms. The first-order valence-electron chi connectivity index (χ1n) is 11.0. The maximum absolute atomic E-state index is 13.6. The number of esters is 2. The summed E-state index contributed by atoms with van der Waals surface area (Å²) < 4.78 is 23.8. The van der Waals surface area contributed by atoms with Crippen LogP contribution in [0.3, 0.4) is 0 Å². The highest BCUT2D eigenvalue weighted by molar-refractivity contribution is 5.82. The lowest BCUT2D eigenvalue weighted by molar-refractivity contribution is -0.284. The summed E-state index contributed by atoms with van der Waals surface area (Å²) in [6, 6.07) is 0. The fraction of sp³-hybridized carbons (Fsp3) is 0.826. The lowest BCUT2D eigenvalue weighted by Gasteiger charge is -2.63. The van der Waals surface area contributed by atoms with Crippen molar-refractivity contribution in [3.8, 4) is 0 Å². The highest BCUT2D eigenvalue weighted by Gasteiger charge is 2.80. The lowest BCUT2D eigenvalue weighted by atomic mass is 9.43. The average molecular weight is 421 g/mol. The molecule has 166 valence electrons. The molecular formula is C23H32O7. The van der Waals surface area contributed by atoms with Gasteiger partial charge >= 0.3 is 11.9 Å². The molecule has 2 heterocycles. The minimum Gasteiger partial charge on any atom is -0.461 e. The molecule has 2 saturated heterocycles. The van der Waals surface area contributed by atoms with Crippen LogP contribution in [0.15, 0.2) is 12.2 Å². The number of hydrogen-bond acceptors (Lipinski definition) is 7. The summed E-state index contributed by atoms with van der Waals surface area (Å²) in [7, 11) is 1.58.